The number of nitrogens with zero attached hydrogens (tertiary/aromatic N) is 1. The molecule has 1 amide bonds. The molecule has 0 aliphatic carbocycles. The van der Waals surface area contributed by atoms with E-state index in [4.69, 9.17) is 10.5 Å². The van der Waals surface area contributed by atoms with E-state index in [-0.39, 0.29) is 5.91 Å². The normalized spacial score (nSPS) is 16.6. The molecule has 19 heavy (non-hydrogen) atoms. The van der Waals surface area contributed by atoms with Crippen molar-refractivity contribution in [1.29, 1.82) is 0 Å². The van der Waals surface area contributed by atoms with Crippen LogP contribution in [0, 0.1) is 0 Å². The topological polar surface area (TPSA) is 55.6 Å². The van der Waals surface area contributed by atoms with Crippen LogP contribution >= 0.6 is 0 Å². The van der Waals surface area contributed by atoms with E-state index in [9.17, 15) is 4.79 Å². The summed E-state index contributed by atoms with van der Waals surface area (Å²) in [5, 5.41) is 0. The molecule has 1 fully saturated rings. The standard InChI is InChI=1S/C15H22N2O2/c1-19-14-8-7-12(11-13(14)16)15(18)17-9-5-3-2-4-6-10-17/h7-8,11H,2-6,9-10,16H2,1H3. The average Bonchev–Trinajstić information content (AvgIpc) is 2.37. The second-order valence-electron chi connectivity index (χ2n) is 5.02. The second kappa shape index (κ2) is 6.45. The predicted octanol–water partition coefficient (Wildman–Crippen LogP) is 2.68. The van der Waals surface area contributed by atoms with E-state index in [2.05, 4.69) is 0 Å². The Bertz CT molecular complexity index is 438. The van der Waals surface area contributed by atoms with Gasteiger partial charge in [0.25, 0.3) is 5.91 Å². The minimum Gasteiger partial charge on any atom is -0.495 e. The number of carbonyl (C=O) groups excluding carboxylic acids is 1. The van der Waals surface area contributed by atoms with E-state index in [0.717, 1.165) is 25.9 Å². The van der Waals surface area contributed by atoms with Gasteiger partial charge in [-0.1, -0.05) is 19.3 Å². The molecule has 0 spiro atoms. The van der Waals surface area contributed by atoms with Gasteiger partial charge in [-0.25, -0.2) is 0 Å². The zero-order chi connectivity index (χ0) is 13.7. The maximum atomic E-state index is 12.4. The first-order valence-corrected chi connectivity index (χ1v) is 6.95. The van der Waals surface area contributed by atoms with Crippen LogP contribution in [0.1, 0.15) is 42.5 Å². The minimum atomic E-state index is 0.0799. The molecule has 1 aliphatic heterocycles. The largest absolute Gasteiger partial charge is 0.495 e. The highest BCUT2D eigenvalue weighted by atomic mass is 16.5. The van der Waals surface area contributed by atoms with Crippen LogP contribution in [0.15, 0.2) is 18.2 Å². The third-order valence-corrected chi connectivity index (χ3v) is 3.62. The molecular formula is C15H22N2O2. The highest BCUT2D eigenvalue weighted by Crippen LogP contribution is 2.23. The Hall–Kier alpha value is -1.71. The van der Waals surface area contributed by atoms with Gasteiger partial charge < -0.3 is 15.4 Å². The van der Waals surface area contributed by atoms with Crippen molar-refractivity contribution in [2.45, 2.75) is 32.1 Å². The van der Waals surface area contributed by atoms with Gasteiger partial charge in [0.05, 0.1) is 12.8 Å². The van der Waals surface area contributed by atoms with Gasteiger partial charge >= 0.3 is 0 Å². The lowest BCUT2D eigenvalue weighted by atomic mass is 10.1. The Morgan fingerprint density at radius 1 is 1.16 bits per heavy atom. The van der Waals surface area contributed by atoms with E-state index < -0.39 is 0 Å². The van der Waals surface area contributed by atoms with Gasteiger partial charge in [0.15, 0.2) is 0 Å². The molecule has 104 valence electrons. The number of likely N-dealkylation sites (tertiary alicyclic amines) is 1. The van der Waals surface area contributed by atoms with E-state index in [0.29, 0.717) is 17.0 Å². The van der Waals surface area contributed by atoms with Crippen LogP contribution < -0.4 is 10.5 Å². The van der Waals surface area contributed by atoms with Crippen molar-refractivity contribution in [3.8, 4) is 5.75 Å². The van der Waals surface area contributed by atoms with Crippen LogP contribution in [0.25, 0.3) is 0 Å². The molecule has 4 nitrogen and oxygen atoms in total. The summed E-state index contributed by atoms with van der Waals surface area (Å²) in [4.78, 5) is 14.4. The van der Waals surface area contributed by atoms with Gasteiger partial charge in [-0.2, -0.15) is 0 Å². The van der Waals surface area contributed by atoms with Crippen LogP contribution in [0.2, 0.25) is 0 Å². The maximum Gasteiger partial charge on any atom is 0.253 e. The van der Waals surface area contributed by atoms with Gasteiger partial charge in [0.2, 0.25) is 0 Å². The summed E-state index contributed by atoms with van der Waals surface area (Å²) >= 11 is 0. The van der Waals surface area contributed by atoms with Crippen LogP contribution in [0.3, 0.4) is 0 Å². The molecule has 1 aromatic rings. The molecule has 2 N–H and O–H groups in total. The lowest BCUT2D eigenvalue weighted by Crippen LogP contribution is -2.33. The van der Waals surface area contributed by atoms with Gasteiger partial charge in [0, 0.05) is 18.7 Å². The number of carbonyl (C=O) groups is 1. The van der Waals surface area contributed by atoms with Crippen LogP contribution in [-0.4, -0.2) is 31.0 Å². The zero-order valence-corrected chi connectivity index (χ0v) is 11.5. The first-order valence-electron chi connectivity index (χ1n) is 6.95. The number of rotatable bonds is 2. The molecule has 1 saturated heterocycles. The van der Waals surface area contributed by atoms with Gasteiger partial charge in [-0.05, 0) is 31.0 Å². The summed E-state index contributed by atoms with van der Waals surface area (Å²) in [6.45, 7) is 1.70. The monoisotopic (exact) mass is 262 g/mol. The Balaban J connectivity index is 2.11. The van der Waals surface area contributed by atoms with Crippen molar-refractivity contribution in [1.82, 2.24) is 4.90 Å². The molecule has 0 atom stereocenters. The first-order chi connectivity index (χ1) is 9.22. The van der Waals surface area contributed by atoms with Crippen LogP contribution in [0.5, 0.6) is 5.75 Å². The van der Waals surface area contributed by atoms with E-state index in [1.807, 2.05) is 4.90 Å². The highest BCUT2D eigenvalue weighted by Gasteiger charge is 2.17. The summed E-state index contributed by atoms with van der Waals surface area (Å²) in [5.74, 6) is 0.695. The quantitative estimate of drug-likeness (QED) is 0.834. The third kappa shape index (κ3) is 3.40. The molecule has 0 bridgehead atoms. The predicted molar refractivity (Wildman–Crippen MR) is 76.4 cm³/mol. The third-order valence-electron chi connectivity index (χ3n) is 3.62. The number of nitrogens with two attached hydrogens (primary N) is 1. The SMILES string of the molecule is COc1ccc(C(=O)N2CCCCCCC2)cc1N. The number of methoxy groups -OCH3 is 1. The molecule has 0 aromatic heterocycles. The number of hydrogen-bond acceptors (Lipinski definition) is 3. The van der Waals surface area contributed by atoms with Gasteiger partial charge in [0.1, 0.15) is 5.75 Å². The molecule has 0 unspecified atom stereocenters. The Kier molecular flexibility index (Phi) is 4.66. The summed E-state index contributed by atoms with van der Waals surface area (Å²) in [6.07, 6.45) is 5.91. The lowest BCUT2D eigenvalue weighted by molar-refractivity contribution is 0.0742. The minimum absolute atomic E-state index is 0.0799. The van der Waals surface area contributed by atoms with Crippen molar-refractivity contribution in [3.63, 3.8) is 0 Å². The van der Waals surface area contributed by atoms with Crippen LogP contribution in [0.4, 0.5) is 5.69 Å². The fraction of sp³-hybridized carbons (Fsp3) is 0.533. The number of ether oxygens (including phenoxy) is 1. The van der Waals surface area contributed by atoms with Crippen LogP contribution in [-0.2, 0) is 0 Å². The molecule has 2 rings (SSSR count). The molecule has 0 saturated carbocycles. The lowest BCUT2D eigenvalue weighted by Gasteiger charge is -2.25. The fourth-order valence-electron chi connectivity index (χ4n) is 2.50. The van der Waals surface area contributed by atoms with E-state index in [1.165, 1.54) is 19.3 Å². The summed E-state index contributed by atoms with van der Waals surface area (Å²) in [5.41, 5.74) is 7.03. The Labute approximate surface area is 114 Å². The maximum absolute atomic E-state index is 12.4. The smallest absolute Gasteiger partial charge is 0.253 e. The number of anilines is 1. The molecule has 1 heterocycles. The van der Waals surface area contributed by atoms with Crippen molar-refractivity contribution in [2.24, 2.45) is 0 Å². The molecule has 0 radical (unpaired) electrons. The second-order valence-corrected chi connectivity index (χ2v) is 5.02. The van der Waals surface area contributed by atoms with Crippen molar-refractivity contribution >= 4 is 11.6 Å². The fourth-order valence-corrected chi connectivity index (χ4v) is 2.50. The number of hydrogen-bond donors (Lipinski definition) is 1. The number of amides is 1. The zero-order valence-electron chi connectivity index (χ0n) is 11.5. The summed E-state index contributed by atoms with van der Waals surface area (Å²) < 4.78 is 5.11. The van der Waals surface area contributed by atoms with Gasteiger partial charge in [-0.3, -0.25) is 4.79 Å². The molecule has 4 heteroatoms. The number of nitrogen functional groups attached to an aromatic ring is 1. The van der Waals surface area contributed by atoms with E-state index >= 15 is 0 Å². The summed E-state index contributed by atoms with van der Waals surface area (Å²) in [6, 6.07) is 5.25. The molecule has 1 aromatic carbocycles. The van der Waals surface area contributed by atoms with Gasteiger partial charge in [-0.15, -0.1) is 0 Å². The summed E-state index contributed by atoms with van der Waals surface area (Å²) in [7, 11) is 1.57. The molecule has 1 aliphatic rings. The van der Waals surface area contributed by atoms with E-state index in [1.54, 1.807) is 25.3 Å². The van der Waals surface area contributed by atoms with Crippen molar-refractivity contribution in [2.75, 3.05) is 25.9 Å². The first kappa shape index (κ1) is 13.7. The Morgan fingerprint density at radius 3 is 2.37 bits per heavy atom. The van der Waals surface area contributed by atoms with Crippen molar-refractivity contribution in [3.05, 3.63) is 23.8 Å². The highest BCUT2D eigenvalue weighted by molar-refractivity contribution is 5.95. The van der Waals surface area contributed by atoms with Crippen molar-refractivity contribution < 1.29 is 9.53 Å². The Morgan fingerprint density at radius 2 is 1.79 bits per heavy atom. The average molecular weight is 262 g/mol. The molecular weight excluding hydrogens is 240 g/mol. The number of benzene rings is 1.